The van der Waals surface area contributed by atoms with E-state index in [0.29, 0.717) is 0 Å². The van der Waals surface area contributed by atoms with Crippen LogP contribution in [0.4, 0.5) is 11.4 Å². The molecule has 0 unspecified atom stereocenters. The molecule has 2 aromatic rings. The van der Waals surface area contributed by atoms with E-state index in [-0.39, 0.29) is 0 Å². The van der Waals surface area contributed by atoms with E-state index in [2.05, 4.69) is 28.9 Å². The van der Waals surface area contributed by atoms with Crippen molar-refractivity contribution in [2.45, 2.75) is 19.8 Å². The predicted octanol–water partition coefficient (Wildman–Crippen LogP) is 3.05. The number of nitrogen functional groups attached to an aromatic ring is 1. The van der Waals surface area contributed by atoms with Gasteiger partial charge >= 0.3 is 0 Å². The number of aromatic nitrogens is 1. The maximum absolute atomic E-state index is 6.00. The molecule has 0 spiro atoms. The first-order valence-corrected chi connectivity index (χ1v) is 6.67. The van der Waals surface area contributed by atoms with E-state index < -0.39 is 0 Å². The van der Waals surface area contributed by atoms with Crippen molar-refractivity contribution in [1.29, 1.82) is 0 Å². The highest BCUT2D eigenvalue weighted by Crippen LogP contribution is 2.34. The number of nitrogens with two attached hydrogens (primary N) is 1. The van der Waals surface area contributed by atoms with Crippen molar-refractivity contribution in [3.63, 3.8) is 0 Å². The number of anilines is 2. The van der Waals surface area contributed by atoms with Crippen LogP contribution in [0.15, 0.2) is 30.5 Å². The molecule has 1 saturated carbocycles. The van der Waals surface area contributed by atoms with Gasteiger partial charge in [0.25, 0.3) is 0 Å². The minimum Gasteiger partial charge on any atom is -0.397 e. The Labute approximate surface area is 108 Å². The Morgan fingerprint density at radius 2 is 2.17 bits per heavy atom. The molecule has 0 bridgehead atoms. The first kappa shape index (κ1) is 11.3. The second kappa shape index (κ2) is 4.48. The number of fused-ring (bicyclic) bond motifs is 1. The van der Waals surface area contributed by atoms with Crippen LogP contribution in [0.25, 0.3) is 10.9 Å². The highest BCUT2D eigenvalue weighted by atomic mass is 15.1. The first-order valence-electron chi connectivity index (χ1n) is 6.67. The third kappa shape index (κ3) is 2.01. The van der Waals surface area contributed by atoms with Gasteiger partial charge in [0.05, 0.1) is 11.2 Å². The van der Waals surface area contributed by atoms with Gasteiger partial charge in [-0.3, -0.25) is 4.98 Å². The second-order valence-electron chi connectivity index (χ2n) is 5.06. The molecule has 1 aromatic heterocycles. The Bertz CT molecular complexity index is 561. The molecule has 0 radical (unpaired) electrons. The van der Waals surface area contributed by atoms with Gasteiger partial charge in [0, 0.05) is 30.4 Å². The molecule has 1 aliphatic rings. The molecule has 18 heavy (non-hydrogen) atoms. The molecule has 3 rings (SSSR count). The van der Waals surface area contributed by atoms with Crippen LogP contribution in [0.2, 0.25) is 0 Å². The highest BCUT2D eigenvalue weighted by molar-refractivity contribution is 5.98. The maximum atomic E-state index is 6.00. The molecule has 0 atom stereocenters. The Kier molecular flexibility index (Phi) is 2.82. The summed E-state index contributed by atoms with van der Waals surface area (Å²) >= 11 is 0. The molecular formula is C15H19N3. The van der Waals surface area contributed by atoms with Crippen molar-refractivity contribution >= 4 is 22.3 Å². The van der Waals surface area contributed by atoms with Crippen molar-refractivity contribution in [3.8, 4) is 0 Å². The van der Waals surface area contributed by atoms with Crippen molar-refractivity contribution in [3.05, 3.63) is 30.5 Å². The van der Waals surface area contributed by atoms with E-state index in [1.165, 1.54) is 23.9 Å². The summed E-state index contributed by atoms with van der Waals surface area (Å²) in [5, 5.41) is 1.17. The van der Waals surface area contributed by atoms with Gasteiger partial charge in [-0.25, -0.2) is 0 Å². The largest absolute Gasteiger partial charge is 0.397 e. The van der Waals surface area contributed by atoms with E-state index in [1.807, 2.05) is 12.1 Å². The monoisotopic (exact) mass is 241 g/mol. The third-order valence-corrected chi connectivity index (χ3v) is 3.68. The number of hydrogen-bond acceptors (Lipinski definition) is 3. The van der Waals surface area contributed by atoms with Crippen molar-refractivity contribution in [2.75, 3.05) is 23.7 Å². The lowest BCUT2D eigenvalue weighted by Gasteiger charge is -2.24. The number of pyridine rings is 1. The van der Waals surface area contributed by atoms with Gasteiger partial charge in [0.1, 0.15) is 0 Å². The maximum Gasteiger partial charge on any atom is 0.0951 e. The standard InChI is InChI=1S/C15H19N3/c1-2-18(10-11-5-6-11)14-8-7-13(16)15-12(14)4-3-9-17-15/h3-4,7-9,11H,2,5-6,10,16H2,1H3. The molecule has 3 heteroatoms. The van der Waals surface area contributed by atoms with Crippen LogP contribution >= 0.6 is 0 Å². The van der Waals surface area contributed by atoms with Crippen LogP contribution < -0.4 is 10.6 Å². The number of nitrogens with zero attached hydrogens (tertiary/aromatic N) is 2. The van der Waals surface area contributed by atoms with Gasteiger partial charge < -0.3 is 10.6 Å². The Hall–Kier alpha value is -1.77. The minimum atomic E-state index is 0.761. The Balaban J connectivity index is 2.06. The summed E-state index contributed by atoms with van der Waals surface area (Å²) < 4.78 is 0. The van der Waals surface area contributed by atoms with Gasteiger partial charge in [-0.2, -0.15) is 0 Å². The lowest BCUT2D eigenvalue weighted by Crippen LogP contribution is -2.25. The lowest BCUT2D eigenvalue weighted by atomic mass is 10.1. The fourth-order valence-corrected chi connectivity index (χ4v) is 2.47. The zero-order chi connectivity index (χ0) is 12.5. The van der Waals surface area contributed by atoms with E-state index in [4.69, 9.17) is 5.73 Å². The van der Waals surface area contributed by atoms with Gasteiger partial charge in [0.2, 0.25) is 0 Å². The van der Waals surface area contributed by atoms with Crippen molar-refractivity contribution < 1.29 is 0 Å². The Morgan fingerprint density at radius 1 is 1.33 bits per heavy atom. The normalized spacial score (nSPS) is 14.9. The van der Waals surface area contributed by atoms with Crippen LogP contribution in [0.5, 0.6) is 0 Å². The molecule has 1 aromatic carbocycles. The fourth-order valence-electron chi connectivity index (χ4n) is 2.47. The topological polar surface area (TPSA) is 42.1 Å². The molecular weight excluding hydrogens is 222 g/mol. The summed E-state index contributed by atoms with van der Waals surface area (Å²) in [7, 11) is 0. The first-order chi connectivity index (χ1) is 8.79. The molecule has 2 N–H and O–H groups in total. The van der Waals surface area contributed by atoms with Gasteiger partial charge in [0.15, 0.2) is 0 Å². The summed E-state index contributed by atoms with van der Waals surface area (Å²) in [5.74, 6) is 0.884. The summed E-state index contributed by atoms with van der Waals surface area (Å²) in [6.45, 7) is 4.40. The molecule has 0 amide bonds. The van der Waals surface area contributed by atoms with Crippen LogP contribution in [0.1, 0.15) is 19.8 Å². The quantitative estimate of drug-likeness (QED) is 0.836. The molecule has 3 nitrogen and oxygen atoms in total. The average Bonchev–Trinajstić information content (AvgIpc) is 3.21. The molecule has 1 aliphatic carbocycles. The SMILES string of the molecule is CCN(CC1CC1)c1ccc(N)c2ncccc12. The molecule has 1 heterocycles. The molecule has 94 valence electrons. The fraction of sp³-hybridized carbons (Fsp3) is 0.400. The zero-order valence-corrected chi connectivity index (χ0v) is 10.8. The summed E-state index contributed by atoms with van der Waals surface area (Å²) in [6, 6.07) is 8.20. The molecule has 1 fully saturated rings. The predicted molar refractivity (Wildman–Crippen MR) is 76.8 cm³/mol. The van der Waals surface area contributed by atoms with Gasteiger partial charge in [-0.15, -0.1) is 0 Å². The summed E-state index contributed by atoms with van der Waals surface area (Å²) in [6.07, 6.45) is 4.56. The Morgan fingerprint density at radius 3 is 2.89 bits per heavy atom. The molecule has 0 aliphatic heterocycles. The number of benzene rings is 1. The van der Waals surface area contributed by atoms with Crippen molar-refractivity contribution in [1.82, 2.24) is 4.98 Å². The van der Waals surface area contributed by atoms with E-state index in [1.54, 1.807) is 6.20 Å². The third-order valence-electron chi connectivity index (χ3n) is 3.68. The van der Waals surface area contributed by atoms with Gasteiger partial charge in [-0.1, -0.05) is 0 Å². The number of rotatable bonds is 4. The molecule has 0 saturated heterocycles. The van der Waals surface area contributed by atoms with E-state index in [0.717, 1.165) is 30.2 Å². The zero-order valence-electron chi connectivity index (χ0n) is 10.8. The van der Waals surface area contributed by atoms with Crippen LogP contribution in [0.3, 0.4) is 0 Å². The summed E-state index contributed by atoms with van der Waals surface area (Å²) in [5.41, 5.74) is 8.95. The smallest absolute Gasteiger partial charge is 0.0951 e. The van der Waals surface area contributed by atoms with Crippen LogP contribution in [-0.4, -0.2) is 18.1 Å². The van der Waals surface area contributed by atoms with Gasteiger partial charge in [-0.05, 0) is 49.9 Å². The van der Waals surface area contributed by atoms with Crippen molar-refractivity contribution in [2.24, 2.45) is 5.92 Å². The highest BCUT2D eigenvalue weighted by Gasteiger charge is 2.24. The average molecular weight is 241 g/mol. The van der Waals surface area contributed by atoms with E-state index in [9.17, 15) is 0 Å². The number of hydrogen-bond donors (Lipinski definition) is 1. The van der Waals surface area contributed by atoms with Crippen LogP contribution in [0, 0.1) is 5.92 Å². The second-order valence-corrected chi connectivity index (χ2v) is 5.06. The van der Waals surface area contributed by atoms with E-state index >= 15 is 0 Å². The lowest BCUT2D eigenvalue weighted by molar-refractivity contribution is 0.744. The summed E-state index contributed by atoms with van der Waals surface area (Å²) in [4.78, 5) is 6.85. The van der Waals surface area contributed by atoms with Crippen LogP contribution in [-0.2, 0) is 0 Å². The minimum absolute atomic E-state index is 0.761.